The SMILES string of the molecule is CC1CC2CC(C1)CC(C)(C(=O)Nc1cccc(-c3cccc(OC4CCN(C)CC4)c3)c1)C2. The van der Waals surface area contributed by atoms with E-state index in [1.165, 1.54) is 19.3 Å². The maximum atomic E-state index is 13.4. The summed E-state index contributed by atoms with van der Waals surface area (Å²) in [7, 11) is 2.17. The van der Waals surface area contributed by atoms with Crippen molar-refractivity contribution in [3.05, 3.63) is 48.5 Å². The van der Waals surface area contributed by atoms with E-state index in [9.17, 15) is 4.79 Å². The fourth-order valence-corrected chi connectivity index (χ4v) is 6.88. The maximum Gasteiger partial charge on any atom is 0.230 e. The second kappa shape index (κ2) is 9.73. The van der Waals surface area contributed by atoms with Crippen LogP contribution in [0.2, 0.25) is 0 Å². The fourth-order valence-electron chi connectivity index (χ4n) is 6.88. The number of fused-ring (bicyclic) bond motifs is 2. The molecule has 1 heterocycles. The molecule has 2 aromatic carbocycles. The number of piperidine rings is 1. The van der Waals surface area contributed by atoms with Gasteiger partial charge < -0.3 is 15.0 Å². The average molecular weight is 461 g/mol. The van der Waals surface area contributed by atoms with Gasteiger partial charge >= 0.3 is 0 Å². The molecule has 2 unspecified atom stereocenters. The number of nitrogens with one attached hydrogen (secondary N) is 1. The zero-order valence-electron chi connectivity index (χ0n) is 21.1. The summed E-state index contributed by atoms with van der Waals surface area (Å²) in [5, 5.41) is 3.27. The number of likely N-dealkylation sites (tertiary alicyclic amines) is 1. The molecule has 1 aliphatic heterocycles. The third-order valence-electron chi connectivity index (χ3n) is 8.42. The molecule has 3 fully saturated rings. The van der Waals surface area contributed by atoms with Gasteiger partial charge in [-0.1, -0.05) is 38.1 Å². The highest BCUT2D eigenvalue weighted by Gasteiger charge is 2.45. The normalized spacial score (nSPS) is 30.0. The van der Waals surface area contributed by atoms with Crippen LogP contribution in [0.5, 0.6) is 5.75 Å². The van der Waals surface area contributed by atoms with Crippen molar-refractivity contribution in [3.8, 4) is 16.9 Å². The van der Waals surface area contributed by atoms with E-state index in [4.69, 9.17) is 4.74 Å². The first kappa shape index (κ1) is 23.4. The Labute approximate surface area is 205 Å². The number of hydrogen-bond acceptors (Lipinski definition) is 3. The second-order valence-electron chi connectivity index (χ2n) is 11.7. The number of rotatable bonds is 5. The smallest absolute Gasteiger partial charge is 0.230 e. The molecule has 2 bridgehead atoms. The third-order valence-corrected chi connectivity index (χ3v) is 8.42. The largest absolute Gasteiger partial charge is 0.490 e. The van der Waals surface area contributed by atoms with Gasteiger partial charge in [0.1, 0.15) is 11.9 Å². The molecular weight excluding hydrogens is 420 g/mol. The molecule has 0 spiro atoms. The molecule has 2 atom stereocenters. The minimum Gasteiger partial charge on any atom is -0.490 e. The Balaban J connectivity index is 1.26. The van der Waals surface area contributed by atoms with Crippen LogP contribution in [0.3, 0.4) is 0 Å². The standard InChI is InChI=1S/C30H40N2O2/c1-21-14-22-16-23(15-21)20-30(2,19-22)29(33)31-26-8-4-6-24(17-26)25-7-5-9-28(18-25)34-27-10-12-32(3)13-11-27/h4-9,17-18,21-23,27H,10-16,19-20H2,1-3H3,(H,31,33). The molecule has 1 N–H and O–H groups in total. The first-order valence-corrected chi connectivity index (χ1v) is 13.2. The van der Waals surface area contributed by atoms with Crippen molar-refractivity contribution in [2.24, 2.45) is 23.2 Å². The van der Waals surface area contributed by atoms with Crippen molar-refractivity contribution >= 4 is 11.6 Å². The van der Waals surface area contributed by atoms with Gasteiger partial charge in [0.15, 0.2) is 0 Å². The van der Waals surface area contributed by atoms with E-state index in [-0.39, 0.29) is 17.4 Å². The highest BCUT2D eigenvalue weighted by Crippen LogP contribution is 2.50. The number of nitrogens with zero attached hydrogens (tertiary/aromatic N) is 1. The molecule has 4 heteroatoms. The van der Waals surface area contributed by atoms with Gasteiger partial charge in [0.05, 0.1) is 0 Å². The number of carbonyl (C=O) groups excluding carboxylic acids is 1. The van der Waals surface area contributed by atoms with Gasteiger partial charge in [-0.15, -0.1) is 0 Å². The summed E-state index contributed by atoms with van der Waals surface area (Å²) in [4.78, 5) is 15.8. The molecule has 2 saturated carbocycles. The number of amides is 1. The van der Waals surface area contributed by atoms with Crippen molar-refractivity contribution in [2.45, 2.75) is 64.9 Å². The van der Waals surface area contributed by atoms with E-state index in [2.05, 4.69) is 67.5 Å². The Morgan fingerprint density at radius 2 is 1.62 bits per heavy atom. The van der Waals surface area contributed by atoms with Crippen LogP contribution >= 0.6 is 0 Å². The lowest BCUT2D eigenvalue weighted by Crippen LogP contribution is -2.43. The average Bonchev–Trinajstić information content (AvgIpc) is 2.80. The number of hydrogen-bond donors (Lipinski definition) is 1. The van der Waals surface area contributed by atoms with Gasteiger partial charge in [-0.25, -0.2) is 0 Å². The lowest BCUT2D eigenvalue weighted by Gasteiger charge is -2.46. The topological polar surface area (TPSA) is 41.6 Å². The van der Waals surface area contributed by atoms with E-state index in [1.807, 2.05) is 12.1 Å². The molecular formula is C30H40N2O2. The minimum atomic E-state index is -0.258. The zero-order valence-corrected chi connectivity index (χ0v) is 21.1. The highest BCUT2D eigenvalue weighted by molar-refractivity contribution is 5.95. The Bertz CT molecular complexity index is 992. The third kappa shape index (κ3) is 5.33. The van der Waals surface area contributed by atoms with Crippen molar-refractivity contribution in [1.82, 2.24) is 4.90 Å². The Morgan fingerprint density at radius 1 is 0.971 bits per heavy atom. The molecule has 34 heavy (non-hydrogen) atoms. The van der Waals surface area contributed by atoms with E-state index in [0.29, 0.717) is 11.8 Å². The second-order valence-corrected chi connectivity index (χ2v) is 11.7. The molecule has 2 aliphatic carbocycles. The predicted molar refractivity (Wildman–Crippen MR) is 139 cm³/mol. The first-order valence-electron chi connectivity index (χ1n) is 13.2. The van der Waals surface area contributed by atoms with E-state index in [1.54, 1.807) is 0 Å². The van der Waals surface area contributed by atoms with E-state index >= 15 is 0 Å². The van der Waals surface area contributed by atoms with Gasteiger partial charge in [0, 0.05) is 24.2 Å². The molecule has 182 valence electrons. The molecule has 1 amide bonds. The minimum absolute atomic E-state index is 0.188. The molecule has 2 aromatic rings. The summed E-state index contributed by atoms with van der Waals surface area (Å²) in [6.45, 7) is 6.74. The summed E-state index contributed by atoms with van der Waals surface area (Å²) in [6.07, 6.45) is 8.36. The quantitative estimate of drug-likeness (QED) is 0.545. The van der Waals surface area contributed by atoms with E-state index in [0.717, 1.165) is 67.3 Å². The zero-order chi connectivity index (χ0) is 23.7. The summed E-state index contributed by atoms with van der Waals surface area (Å²) in [6, 6.07) is 16.6. The number of benzene rings is 2. The van der Waals surface area contributed by atoms with E-state index < -0.39 is 0 Å². The van der Waals surface area contributed by atoms with Gasteiger partial charge in [-0.05, 0) is 105 Å². The highest BCUT2D eigenvalue weighted by atomic mass is 16.5. The summed E-state index contributed by atoms with van der Waals surface area (Å²) in [5.74, 6) is 3.34. The molecule has 1 saturated heterocycles. The fraction of sp³-hybridized carbons (Fsp3) is 0.567. The van der Waals surface area contributed by atoms with Crippen molar-refractivity contribution < 1.29 is 9.53 Å². The molecule has 5 rings (SSSR count). The lowest BCUT2D eigenvalue weighted by atomic mass is 9.59. The number of carbonyl (C=O) groups is 1. The van der Waals surface area contributed by atoms with Crippen molar-refractivity contribution in [2.75, 3.05) is 25.5 Å². The van der Waals surface area contributed by atoms with Crippen molar-refractivity contribution in [3.63, 3.8) is 0 Å². The summed E-state index contributed by atoms with van der Waals surface area (Å²) >= 11 is 0. The maximum absolute atomic E-state index is 13.4. The van der Waals surface area contributed by atoms with Crippen LogP contribution in [0, 0.1) is 23.2 Å². The van der Waals surface area contributed by atoms with Crippen LogP contribution in [-0.2, 0) is 4.79 Å². The number of anilines is 1. The van der Waals surface area contributed by atoms with Gasteiger partial charge in [-0.2, -0.15) is 0 Å². The summed E-state index contributed by atoms with van der Waals surface area (Å²) < 4.78 is 6.30. The predicted octanol–water partition coefficient (Wildman–Crippen LogP) is 6.62. The van der Waals surface area contributed by atoms with Crippen LogP contribution < -0.4 is 10.1 Å². The molecule has 4 nitrogen and oxygen atoms in total. The Kier molecular flexibility index (Phi) is 6.70. The van der Waals surface area contributed by atoms with Gasteiger partial charge in [0.2, 0.25) is 5.91 Å². The van der Waals surface area contributed by atoms with Crippen LogP contribution in [-0.4, -0.2) is 37.0 Å². The first-order chi connectivity index (χ1) is 16.4. The van der Waals surface area contributed by atoms with Crippen molar-refractivity contribution in [1.29, 1.82) is 0 Å². The molecule has 3 aliphatic rings. The van der Waals surface area contributed by atoms with Gasteiger partial charge in [0.25, 0.3) is 0 Å². The van der Waals surface area contributed by atoms with Crippen LogP contribution in [0.25, 0.3) is 11.1 Å². The van der Waals surface area contributed by atoms with Crippen LogP contribution in [0.4, 0.5) is 5.69 Å². The van der Waals surface area contributed by atoms with Gasteiger partial charge in [-0.3, -0.25) is 4.79 Å². The molecule has 0 aromatic heterocycles. The Hall–Kier alpha value is -2.33. The number of ether oxygens (including phenoxy) is 1. The Morgan fingerprint density at radius 3 is 2.32 bits per heavy atom. The molecule has 0 radical (unpaired) electrons. The summed E-state index contributed by atoms with van der Waals surface area (Å²) in [5.41, 5.74) is 2.85. The van der Waals surface area contributed by atoms with Crippen LogP contribution in [0.1, 0.15) is 58.8 Å². The monoisotopic (exact) mass is 460 g/mol. The lowest BCUT2D eigenvalue weighted by molar-refractivity contribution is -0.129. The van der Waals surface area contributed by atoms with Crippen LogP contribution in [0.15, 0.2) is 48.5 Å².